The van der Waals surface area contributed by atoms with Gasteiger partial charge in [0.15, 0.2) is 0 Å². The topological polar surface area (TPSA) is 79.2 Å². The molecule has 146 valence electrons. The van der Waals surface area contributed by atoms with Crippen molar-refractivity contribution < 1.29 is 28.2 Å². The fourth-order valence-electron chi connectivity index (χ4n) is 2.48. The summed E-state index contributed by atoms with van der Waals surface area (Å²) in [6.45, 7) is -0.287. The molecule has 0 aromatic rings. The van der Waals surface area contributed by atoms with Crippen molar-refractivity contribution in [3.05, 3.63) is 0 Å². The second-order valence-electron chi connectivity index (χ2n) is 5.73. The first-order chi connectivity index (χ1) is 12.2. The number of rotatable bonds is 10. The van der Waals surface area contributed by atoms with E-state index in [1.54, 1.807) is 0 Å². The number of ether oxygens (including phenoxy) is 5. The lowest BCUT2D eigenvalue weighted by Gasteiger charge is -2.25. The lowest BCUT2D eigenvalue weighted by Crippen LogP contribution is -2.32. The Kier molecular flexibility index (Phi) is 9.42. The van der Waals surface area contributed by atoms with Crippen LogP contribution in [-0.2, 0) is 51.8 Å². The van der Waals surface area contributed by atoms with Gasteiger partial charge in [-0.15, -0.1) is 24.5 Å². The Hall–Kier alpha value is 1.31. The van der Waals surface area contributed by atoms with E-state index in [0.29, 0.717) is 18.9 Å². The molecular weight excluding hydrogens is 455 g/mol. The first kappa shape index (κ1) is 23.6. The van der Waals surface area contributed by atoms with Crippen LogP contribution in [0.15, 0.2) is 0 Å². The molecule has 0 aromatic heterocycles. The van der Waals surface area contributed by atoms with Crippen molar-refractivity contribution in [2.45, 2.75) is 37.2 Å². The molecule has 7 atom stereocenters. The van der Waals surface area contributed by atoms with Crippen molar-refractivity contribution in [3.63, 3.8) is 0 Å². The molecule has 4 unspecified atom stereocenters. The Morgan fingerprint density at radius 1 is 1.23 bits per heavy atom. The van der Waals surface area contributed by atoms with Gasteiger partial charge < -0.3 is 28.2 Å². The molecule has 2 radical (unpaired) electrons. The molecule has 2 heterocycles. The minimum Gasteiger partial charge on any atom is -0.377 e. The van der Waals surface area contributed by atoms with Crippen LogP contribution in [0.25, 0.3) is 0 Å². The van der Waals surface area contributed by atoms with E-state index in [0.717, 1.165) is 0 Å². The Morgan fingerprint density at radius 3 is 2.58 bits per heavy atom. The average molecular weight is 475 g/mol. The number of methoxy groups -OCH3 is 1. The highest BCUT2D eigenvalue weighted by atomic mass is 32.9. The Bertz CT molecular complexity index is 625. The van der Waals surface area contributed by atoms with E-state index in [2.05, 4.69) is 24.5 Å². The Balaban J connectivity index is 1.83. The summed E-state index contributed by atoms with van der Waals surface area (Å²) in [7, 11) is 7.39. The second-order valence-corrected chi connectivity index (χ2v) is 20.1. The number of nitrogens with zero attached hydrogens (tertiary/aromatic N) is 1. The van der Waals surface area contributed by atoms with Gasteiger partial charge in [-0.25, -0.2) is 0 Å². The standard InChI is InChI=1S/C12H20BNO6P2S4/c1-15-12-19-9-8(18-11(13)10(9)20-12)5-17-22(25,26)7-21(23,24)6-16-4-2-3-14/h8-12H,2,4-7H2,1H3,(H,23,24)(H,25,26)/t8-,9?,10+,11-,12?/m1/s1. The third-order valence-electron chi connectivity index (χ3n) is 3.57. The maximum absolute atomic E-state index is 8.51. The van der Waals surface area contributed by atoms with E-state index in [1.165, 1.54) is 7.11 Å². The minimum absolute atomic E-state index is 0.161. The predicted molar refractivity (Wildman–Crippen MR) is 113 cm³/mol. The number of hydrogen-bond acceptors (Lipinski definition) is 9. The van der Waals surface area contributed by atoms with Gasteiger partial charge in [0.1, 0.15) is 31.6 Å². The van der Waals surface area contributed by atoms with E-state index in [-0.39, 0.29) is 13.0 Å². The van der Waals surface area contributed by atoms with Crippen molar-refractivity contribution >= 4 is 66.7 Å². The molecule has 26 heavy (non-hydrogen) atoms. The summed E-state index contributed by atoms with van der Waals surface area (Å²) < 4.78 is 33.0. The Morgan fingerprint density at radius 2 is 1.92 bits per heavy atom. The van der Waals surface area contributed by atoms with Crippen LogP contribution in [0.1, 0.15) is 6.42 Å². The van der Waals surface area contributed by atoms with Crippen LogP contribution in [0, 0.1) is 11.3 Å². The summed E-state index contributed by atoms with van der Waals surface area (Å²) in [6, 6.07) is 1.37. The van der Waals surface area contributed by atoms with Gasteiger partial charge in [0.05, 0.1) is 32.1 Å². The zero-order chi connectivity index (χ0) is 19.4. The fourth-order valence-corrected chi connectivity index (χ4v) is 16.9. The second kappa shape index (κ2) is 10.4. The van der Waals surface area contributed by atoms with Gasteiger partial charge in [0, 0.05) is 24.3 Å². The van der Waals surface area contributed by atoms with Crippen LogP contribution in [-0.4, -0.2) is 71.2 Å². The maximum atomic E-state index is 8.51. The van der Waals surface area contributed by atoms with E-state index in [1.807, 2.05) is 6.07 Å². The van der Waals surface area contributed by atoms with Gasteiger partial charge in [0.25, 0.3) is 6.48 Å². The molecule has 0 spiro atoms. The largest absolute Gasteiger partial charge is 0.377 e. The molecule has 0 aliphatic carbocycles. The van der Waals surface area contributed by atoms with Crippen molar-refractivity contribution in [2.75, 3.05) is 32.6 Å². The summed E-state index contributed by atoms with van der Waals surface area (Å²) in [5.74, 6) is 0.369. The van der Waals surface area contributed by atoms with Gasteiger partial charge in [0.2, 0.25) is 0 Å². The summed E-state index contributed by atoms with van der Waals surface area (Å²) in [6.07, 6.45) is -0.672. The number of nitriles is 1. The molecule has 0 amide bonds. The molecule has 14 heteroatoms. The van der Waals surface area contributed by atoms with Crippen LogP contribution >= 0.6 is 35.2 Å². The third kappa shape index (κ3) is 6.98. The van der Waals surface area contributed by atoms with Crippen LogP contribution in [0.4, 0.5) is 0 Å². The Labute approximate surface area is 175 Å². The van der Waals surface area contributed by atoms with Crippen LogP contribution in [0.5, 0.6) is 0 Å². The van der Waals surface area contributed by atoms with Crippen molar-refractivity contribution in [3.8, 4) is 6.07 Å². The fraction of sp³-hybridized carbons (Fsp3) is 0.917. The minimum atomic E-state index is -2.50. The van der Waals surface area contributed by atoms with Crippen LogP contribution in [0.2, 0.25) is 0 Å². The van der Waals surface area contributed by atoms with Gasteiger partial charge in [-0.1, -0.05) is 23.6 Å². The first-order valence-corrected chi connectivity index (χ1v) is 16.0. The lowest BCUT2D eigenvalue weighted by molar-refractivity contribution is -0.247. The monoisotopic (exact) mass is 475 g/mol. The van der Waals surface area contributed by atoms with Gasteiger partial charge in [-0.3, -0.25) is 0 Å². The smallest absolute Gasteiger partial charge is 0.272 e. The molecule has 2 aliphatic heterocycles. The molecule has 2 fully saturated rings. The molecule has 0 bridgehead atoms. The normalized spacial score (nSPS) is 35.4. The van der Waals surface area contributed by atoms with Gasteiger partial charge in [-0.05, 0) is 0 Å². The zero-order valence-corrected chi connectivity index (χ0v) is 19.2. The van der Waals surface area contributed by atoms with E-state index in [9.17, 15) is 0 Å². The SMILES string of the molecule is [B][C@@H]1O[C@H](COP(=S)(S)CP(=S)(S)COCCC#N)C2OC(OC)O[C@@H]21. The molecule has 2 aliphatic rings. The first-order valence-electron chi connectivity index (χ1n) is 7.64. The molecule has 0 aromatic carbocycles. The van der Waals surface area contributed by atoms with E-state index < -0.39 is 41.5 Å². The highest BCUT2D eigenvalue weighted by Gasteiger charge is 2.51. The maximum Gasteiger partial charge on any atom is 0.272 e. The van der Waals surface area contributed by atoms with E-state index in [4.69, 9.17) is 64.9 Å². The number of thiol groups is 2. The number of hydrogen-bond donors (Lipinski definition) is 2. The highest BCUT2D eigenvalue weighted by molar-refractivity contribution is 8.70. The van der Waals surface area contributed by atoms with Crippen molar-refractivity contribution in [1.82, 2.24) is 0 Å². The molecule has 2 rings (SSSR count). The van der Waals surface area contributed by atoms with Crippen molar-refractivity contribution in [2.24, 2.45) is 0 Å². The summed E-state index contributed by atoms with van der Waals surface area (Å²) >= 11 is 20.0. The summed E-state index contributed by atoms with van der Waals surface area (Å²) in [5.41, 5.74) is -2.50. The average Bonchev–Trinajstić information content (AvgIpc) is 3.09. The molecular formula is C12H20BNO6P2S4. The van der Waals surface area contributed by atoms with Gasteiger partial charge >= 0.3 is 0 Å². The zero-order valence-electron chi connectivity index (χ0n) is 14.0. The van der Waals surface area contributed by atoms with Crippen LogP contribution < -0.4 is 0 Å². The summed E-state index contributed by atoms with van der Waals surface area (Å²) in [5, 5.41) is 6.35. The predicted octanol–water partition coefficient (Wildman–Crippen LogP) is 2.02. The molecule has 0 saturated carbocycles. The number of fused-ring (bicyclic) bond motifs is 1. The molecule has 0 N–H and O–H groups in total. The quantitative estimate of drug-likeness (QED) is 0.214. The lowest BCUT2D eigenvalue weighted by atomic mass is 9.93. The highest BCUT2D eigenvalue weighted by Crippen LogP contribution is 2.67. The van der Waals surface area contributed by atoms with Crippen LogP contribution in [0.3, 0.4) is 0 Å². The summed E-state index contributed by atoms with van der Waals surface area (Å²) in [4.78, 5) is 0. The van der Waals surface area contributed by atoms with Crippen molar-refractivity contribution in [1.29, 1.82) is 5.26 Å². The molecule has 2 saturated heterocycles. The van der Waals surface area contributed by atoms with E-state index >= 15 is 0 Å². The van der Waals surface area contributed by atoms with Gasteiger partial charge in [-0.2, -0.15) is 5.26 Å². The molecule has 7 nitrogen and oxygen atoms in total. The third-order valence-corrected chi connectivity index (χ3v) is 13.6.